The van der Waals surface area contributed by atoms with Crippen molar-refractivity contribution in [3.8, 4) is 11.5 Å². The maximum Gasteiger partial charge on any atom is 1.00 e. The fraction of sp³-hybridized carbons (Fsp3) is 0.200. The van der Waals surface area contributed by atoms with Crippen LogP contribution in [0.1, 0.15) is 32.7 Å². The van der Waals surface area contributed by atoms with Crippen molar-refractivity contribution in [3.05, 3.63) is 88.8 Å². The number of aliphatic carboxylic acids is 1. The Morgan fingerprint density at radius 3 is 2.41 bits per heavy atom. The molecular formula is C25H24NNaO5. The molecule has 3 aromatic rings. The number of hydrogen-bond donors (Lipinski definition) is 0. The van der Waals surface area contributed by atoms with Crippen LogP contribution in [0.15, 0.2) is 60.8 Å². The van der Waals surface area contributed by atoms with Crippen LogP contribution in [0, 0.1) is 13.8 Å². The fourth-order valence-electron chi connectivity index (χ4n) is 3.22. The summed E-state index contributed by atoms with van der Waals surface area (Å²) in [4.78, 5) is 23.6. The van der Waals surface area contributed by atoms with Gasteiger partial charge in [0.1, 0.15) is 18.1 Å². The Kier molecular flexibility index (Phi) is 9.32. The number of allylic oxidation sites excluding steroid dienone is 1. The van der Waals surface area contributed by atoms with Crippen LogP contribution < -0.4 is 44.1 Å². The van der Waals surface area contributed by atoms with Gasteiger partial charge in [-0.25, -0.2) is 0 Å². The molecule has 0 saturated heterocycles. The Morgan fingerprint density at radius 2 is 1.75 bits per heavy atom. The number of carboxylic acid groups (broad SMARTS) is 1. The second-order valence-electron chi connectivity index (χ2n) is 7.22. The molecule has 32 heavy (non-hydrogen) atoms. The Labute approximate surface area is 209 Å². The third-order valence-electron chi connectivity index (χ3n) is 4.74. The molecule has 160 valence electrons. The van der Waals surface area contributed by atoms with Gasteiger partial charge >= 0.3 is 29.6 Å². The van der Waals surface area contributed by atoms with Crippen LogP contribution in [0.4, 0.5) is 0 Å². The Hall–Kier alpha value is -2.80. The number of ketones is 1. The normalized spacial score (nSPS) is 10.6. The summed E-state index contributed by atoms with van der Waals surface area (Å²) in [5.74, 6) is -0.299. The van der Waals surface area contributed by atoms with E-state index in [0.29, 0.717) is 29.3 Å². The van der Waals surface area contributed by atoms with Crippen molar-refractivity contribution in [1.82, 2.24) is 4.57 Å². The van der Waals surface area contributed by atoms with Crippen molar-refractivity contribution in [2.75, 3.05) is 13.7 Å². The Balaban J connectivity index is 0.00000363. The second kappa shape index (κ2) is 11.7. The van der Waals surface area contributed by atoms with E-state index in [1.54, 1.807) is 25.3 Å². The summed E-state index contributed by atoms with van der Waals surface area (Å²) >= 11 is 0. The molecule has 3 rings (SSSR count). The molecule has 1 aromatic heterocycles. The summed E-state index contributed by atoms with van der Waals surface area (Å²) < 4.78 is 12.4. The van der Waals surface area contributed by atoms with Gasteiger partial charge in [0, 0.05) is 23.9 Å². The second-order valence-corrected chi connectivity index (χ2v) is 7.22. The summed E-state index contributed by atoms with van der Waals surface area (Å²) in [5.41, 5.74) is 4.09. The van der Waals surface area contributed by atoms with Crippen molar-refractivity contribution in [2.45, 2.75) is 20.4 Å². The van der Waals surface area contributed by atoms with Crippen LogP contribution in [0.2, 0.25) is 0 Å². The van der Waals surface area contributed by atoms with Gasteiger partial charge in [0.05, 0.1) is 18.8 Å². The smallest absolute Gasteiger partial charge is 0.546 e. The van der Waals surface area contributed by atoms with Crippen LogP contribution in [-0.4, -0.2) is 30.0 Å². The van der Waals surface area contributed by atoms with E-state index in [1.165, 1.54) is 0 Å². The molecule has 6 nitrogen and oxygen atoms in total. The minimum atomic E-state index is -1.29. The molecular weight excluding hydrogens is 417 g/mol. The summed E-state index contributed by atoms with van der Waals surface area (Å²) in [6.07, 6.45) is 5.69. The van der Waals surface area contributed by atoms with Gasteiger partial charge in [-0.05, 0) is 43.7 Å². The minimum absolute atomic E-state index is 0. The molecule has 0 N–H and O–H groups in total. The fourth-order valence-corrected chi connectivity index (χ4v) is 3.22. The molecule has 0 unspecified atom stereocenters. The maximum absolute atomic E-state index is 13.0. The molecule has 7 heteroatoms. The van der Waals surface area contributed by atoms with Crippen LogP contribution in [0.3, 0.4) is 0 Å². The zero-order valence-corrected chi connectivity index (χ0v) is 20.8. The number of nitrogens with zero attached hydrogens (tertiary/aromatic N) is 1. The van der Waals surface area contributed by atoms with Crippen molar-refractivity contribution >= 4 is 17.8 Å². The average Bonchev–Trinajstić information content (AvgIpc) is 3.12. The average molecular weight is 441 g/mol. The Bertz CT molecular complexity index is 1120. The van der Waals surface area contributed by atoms with E-state index in [2.05, 4.69) is 0 Å². The molecule has 1 heterocycles. The van der Waals surface area contributed by atoms with E-state index in [1.807, 2.05) is 67.1 Å². The molecule has 0 fully saturated rings. The molecule has 0 radical (unpaired) electrons. The van der Waals surface area contributed by atoms with Crippen molar-refractivity contribution in [2.24, 2.45) is 0 Å². The molecule has 0 amide bonds. The third-order valence-corrected chi connectivity index (χ3v) is 4.74. The topological polar surface area (TPSA) is 80.6 Å². The van der Waals surface area contributed by atoms with E-state index < -0.39 is 12.6 Å². The van der Waals surface area contributed by atoms with Crippen molar-refractivity contribution in [3.63, 3.8) is 0 Å². The number of rotatable bonds is 9. The zero-order chi connectivity index (χ0) is 22.4. The van der Waals surface area contributed by atoms with Crippen molar-refractivity contribution < 1.29 is 53.7 Å². The summed E-state index contributed by atoms with van der Waals surface area (Å²) in [7, 11) is 1.56. The van der Waals surface area contributed by atoms with Gasteiger partial charge in [-0.2, -0.15) is 0 Å². The van der Waals surface area contributed by atoms with Gasteiger partial charge < -0.3 is 23.9 Å². The summed E-state index contributed by atoms with van der Waals surface area (Å²) in [6.45, 7) is 3.89. The van der Waals surface area contributed by atoms with E-state index in [-0.39, 0.29) is 35.3 Å². The van der Waals surface area contributed by atoms with Gasteiger partial charge in [-0.1, -0.05) is 42.0 Å². The van der Waals surface area contributed by atoms with Crippen LogP contribution in [-0.2, 0) is 11.3 Å². The number of carbonyl (C=O) groups is 2. The van der Waals surface area contributed by atoms with Gasteiger partial charge in [-0.3, -0.25) is 4.79 Å². The minimum Gasteiger partial charge on any atom is -0.546 e. The first-order chi connectivity index (χ1) is 14.9. The van der Waals surface area contributed by atoms with E-state index in [0.717, 1.165) is 16.7 Å². The number of methoxy groups -OCH3 is 1. The molecule has 0 bridgehead atoms. The number of hydrogen-bond acceptors (Lipinski definition) is 5. The predicted molar refractivity (Wildman–Crippen MR) is 116 cm³/mol. The number of carboxylic acids is 1. The SMILES string of the molecule is COc1ccc(OCC(=O)[O-])cc1/C=C/Cn1cc(C)cc1C(=O)c1ccc(C)cc1.[Na+]. The van der Waals surface area contributed by atoms with Gasteiger partial charge in [0.15, 0.2) is 0 Å². The number of benzene rings is 2. The maximum atomic E-state index is 13.0. The van der Waals surface area contributed by atoms with E-state index in [4.69, 9.17) is 9.47 Å². The summed E-state index contributed by atoms with van der Waals surface area (Å²) in [5, 5.41) is 10.6. The van der Waals surface area contributed by atoms with Crippen LogP contribution >= 0.6 is 0 Å². The molecule has 0 spiro atoms. The molecule has 0 aliphatic rings. The van der Waals surface area contributed by atoms with Gasteiger partial charge in [0.25, 0.3) is 0 Å². The quantitative estimate of drug-likeness (QED) is 0.350. The van der Waals surface area contributed by atoms with E-state index in [9.17, 15) is 14.7 Å². The van der Waals surface area contributed by atoms with Gasteiger partial charge in [-0.15, -0.1) is 0 Å². The van der Waals surface area contributed by atoms with Crippen LogP contribution in [0.5, 0.6) is 11.5 Å². The largest absolute Gasteiger partial charge is 1.00 e. The first-order valence-electron chi connectivity index (χ1n) is 9.82. The molecule has 2 aromatic carbocycles. The number of aromatic nitrogens is 1. The van der Waals surface area contributed by atoms with Crippen molar-refractivity contribution in [1.29, 1.82) is 0 Å². The third kappa shape index (κ3) is 6.60. The number of carbonyl (C=O) groups excluding carboxylic acids is 2. The standard InChI is InChI=1S/C25H25NO5.Na/c1-17-6-8-19(9-7-17)25(29)22-13-18(2)15-26(22)12-4-5-20-14-21(31-16-24(27)28)10-11-23(20)30-3;/h4-11,13-15H,12,16H2,1-3H3,(H,27,28);/q;+1/p-1/b5-4+;. The molecule has 0 aliphatic carbocycles. The zero-order valence-electron chi connectivity index (χ0n) is 18.8. The molecule has 0 saturated carbocycles. The molecule has 0 aliphatic heterocycles. The number of ether oxygens (including phenoxy) is 2. The molecule has 0 atom stereocenters. The first kappa shape index (κ1) is 25.5. The Morgan fingerprint density at radius 1 is 1.03 bits per heavy atom. The predicted octanol–water partition coefficient (Wildman–Crippen LogP) is 0.191. The first-order valence-corrected chi connectivity index (χ1v) is 9.82. The van der Waals surface area contributed by atoms with Crippen LogP contribution in [0.25, 0.3) is 6.08 Å². The van der Waals surface area contributed by atoms with Gasteiger partial charge in [0.2, 0.25) is 5.78 Å². The number of aryl methyl sites for hydroxylation is 2. The van der Waals surface area contributed by atoms with E-state index >= 15 is 0 Å². The summed E-state index contributed by atoms with van der Waals surface area (Å²) in [6, 6.07) is 14.4. The monoisotopic (exact) mass is 441 g/mol.